The predicted octanol–water partition coefficient (Wildman–Crippen LogP) is 3.70. The maximum Gasteiger partial charge on any atom is 0.283 e. The summed E-state index contributed by atoms with van der Waals surface area (Å²) in [5.74, 6) is 1.23. The van der Waals surface area contributed by atoms with Crippen LogP contribution in [0.15, 0.2) is 66.5 Å². The van der Waals surface area contributed by atoms with Crippen molar-refractivity contribution < 1.29 is 0 Å². The second-order valence-electron chi connectivity index (χ2n) is 8.19. The van der Waals surface area contributed by atoms with Gasteiger partial charge in [0.1, 0.15) is 34.2 Å². The van der Waals surface area contributed by atoms with E-state index in [-0.39, 0.29) is 5.56 Å². The third kappa shape index (κ3) is 2.88. The molecule has 0 aliphatic carbocycles. The molecule has 1 fully saturated rings. The molecule has 5 heterocycles. The number of anilines is 1. The summed E-state index contributed by atoms with van der Waals surface area (Å²) in [4.78, 5) is 27.3. The minimum absolute atomic E-state index is 0.173. The normalized spacial score (nSPS) is 17.4. The Morgan fingerprint density at radius 1 is 1.26 bits per heavy atom. The summed E-state index contributed by atoms with van der Waals surface area (Å²) in [6.45, 7) is 4.55. The van der Waals surface area contributed by atoms with E-state index in [9.17, 15) is 10.1 Å². The number of nitriles is 1. The van der Waals surface area contributed by atoms with Crippen molar-refractivity contribution in [3.63, 3.8) is 0 Å². The lowest BCUT2D eigenvalue weighted by atomic mass is 9.99. The smallest absolute Gasteiger partial charge is 0.283 e. The number of nitrogens with zero attached hydrogens (tertiary/aromatic N) is 7. The molecule has 10 heteroatoms. The Hall–Kier alpha value is -4.36. The van der Waals surface area contributed by atoms with Crippen molar-refractivity contribution in [2.45, 2.75) is 11.3 Å². The Morgan fingerprint density at radius 2 is 2.09 bits per heavy atom. The van der Waals surface area contributed by atoms with Gasteiger partial charge in [0.15, 0.2) is 5.82 Å². The van der Waals surface area contributed by atoms with E-state index in [1.54, 1.807) is 39.3 Å². The van der Waals surface area contributed by atoms with Gasteiger partial charge in [-0.1, -0.05) is 30.9 Å². The quantitative estimate of drug-likeness (QED) is 0.409. The summed E-state index contributed by atoms with van der Waals surface area (Å²) in [5, 5.41) is 15.3. The van der Waals surface area contributed by atoms with Gasteiger partial charge in [0.2, 0.25) is 0 Å². The fraction of sp³-hybridized carbons (Fsp3) is 0.160. The summed E-state index contributed by atoms with van der Waals surface area (Å²) in [5.41, 5.74) is 2.82. The van der Waals surface area contributed by atoms with E-state index in [2.05, 4.69) is 32.5 Å². The van der Waals surface area contributed by atoms with Crippen molar-refractivity contribution in [2.24, 2.45) is 0 Å². The number of aromatic amines is 1. The topological polar surface area (TPSA) is 108 Å². The third-order valence-electron chi connectivity index (χ3n) is 6.58. The molecule has 0 bridgehead atoms. The third-order valence-corrected chi connectivity index (χ3v) is 7.86. The lowest BCUT2D eigenvalue weighted by molar-refractivity contribution is 0.379. The molecule has 1 N–H and O–H groups in total. The molecule has 0 radical (unpaired) electrons. The molecule has 1 atom stereocenters. The molecular formula is C25H20N8OS. The lowest BCUT2D eigenvalue weighted by Crippen LogP contribution is -2.58. The number of benzene rings is 1. The van der Waals surface area contributed by atoms with Crippen LogP contribution in [0.3, 0.4) is 0 Å². The van der Waals surface area contributed by atoms with Crippen molar-refractivity contribution in [1.29, 1.82) is 5.26 Å². The first-order valence-corrected chi connectivity index (χ1v) is 12.2. The highest BCUT2D eigenvalue weighted by Gasteiger charge is 2.51. The number of H-pyrrole nitrogens is 1. The number of thioether (sulfide) groups is 1. The summed E-state index contributed by atoms with van der Waals surface area (Å²) in [6.07, 6.45) is 9.33. The Kier molecular flexibility index (Phi) is 4.76. The predicted molar refractivity (Wildman–Crippen MR) is 137 cm³/mol. The molecule has 9 nitrogen and oxygen atoms in total. The first-order chi connectivity index (χ1) is 17.1. The standard InChI is InChI=1S/C25H20N8OS/c1-3-16-9-11-32-20(16)23(34)33(18-7-5-4-6-8-18)24(30-32)25(35-2)10-12-31(25)22-19-17(13-26)14-27-21(19)28-15-29-22/h3-9,11,14-15H,1,10,12H2,2H3,(H,27,28,29)/t25-/m1/s1. The van der Waals surface area contributed by atoms with Gasteiger partial charge in [0.05, 0.1) is 16.6 Å². The molecule has 172 valence electrons. The minimum atomic E-state index is -0.687. The molecule has 1 aliphatic heterocycles. The van der Waals surface area contributed by atoms with E-state index in [0.717, 1.165) is 17.7 Å². The van der Waals surface area contributed by atoms with Crippen molar-refractivity contribution in [2.75, 3.05) is 17.7 Å². The fourth-order valence-corrected chi connectivity index (χ4v) is 5.81. The van der Waals surface area contributed by atoms with Gasteiger partial charge in [0, 0.05) is 30.9 Å². The average molecular weight is 481 g/mol. The van der Waals surface area contributed by atoms with E-state index in [4.69, 9.17) is 5.10 Å². The first kappa shape index (κ1) is 21.2. The average Bonchev–Trinajstić information content (AvgIpc) is 3.49. The fourth-order valence-electron chi connectivity index (χ4n) is 4.80. The van der Waals surface area contributed by atoms with Crippen LogP contribution < -0.4 is 10.5 Å². The van der Waals surface area contributed by atoms with Crippen LogP contribution in [-0.2, 0) is 4.87 Å². The molecule has 35 heavy (non-hydrogen) atoms. The molecule has 5 aromatic rings. The Bertz CT molecular complexity index is 1710. The van der Waals surface area contributed by atoms with Crippen molar-refractivity contribution in [1.82, 2.24) is 29.1 Å². The van der Waals surface area contributed by atoms with Gasteiger partial charge in [-0.25, -0.2) is 14.5 Å². The van der Waals surface area contributed by atoms with Crippen LogP contribution in [0.2, 0.25) is 0 Å². The molecule has 0 saturated carbocycles. The highest BCUT2D eigenvalue weighted by molar-refractivity contribution is 7.99. The van der Waals surface area contributed by atoms with Gasteiger partial charge in [-0.3, -0.25) is 9.36 Å². The van der Waals surface area contributed by atoms with Crippen LogP contribution in [0.5, 0.6) is 0 Å². The largest absolute Gasteiger partial charge is 0.345 e. The molecule has 6 rings (SSSR count). The summed E-state index contributed by atoms with van der Waals surface area (Å²) < 4.78 is 3.32. The number of hydrogen-bond acceptors (Lipinski definition) is 7. The van der Waals surface area contributed by atoms with Gasteiger partial charge in [-0.2, -0.15) is 10.4 Å². The second-order valence-corrected chi connectivity index (χ2v) is 9.28. The van der Waals surface area contributed by atoms with Gasteiger partial charge < -0.3 is 9.88 Å². The van der Waals surface area contributed by atoms with E-state index in [1.165, 1.54) is 6.33 Å². The zero-order chi connectivity index (χ0) is 24.2. The monoisotopic (exact) mass is 480 g/mol. The maximum atomic E-state index is 14.0. The molecule has 0 spiro atoms. The second kappa shape index (κ2) is 7.85. The van der Waals surface area contributed by atoms with E-state index >= 15 is 0 Å². The molecule has 0 amide bonds. The maximum absolute atomic E-state index is 14.0. The molecule has 1 aliphatic rings. The number of nitrogens with one attached hydrogen (secondary N) is 1. The SMILES string of the molecule is C=Cc1ccn2nc([C@]3(SC)CCN3c3ncnc4[nH]cc(C#N)c34)n(-c3ccccc3)c(=O)c12. The van der Waals surface area contributed by atoms with E-state index < -0.39 is 4.87 Å². The minimum Gasteiger partial charge on any atom is -0.345 e. The summed E-state index contributed by atoms with van der Waals surface area (Å²) in [6, 6.07) is 13.6. The zero-order valence-corrected chi connectivity index (χ0v) is 19.7. The summed E-state index contributed by atoms with van der Waals surface area (Å²) >= 11 is 1.60. The van der Waals surface area contributed by atoms with Crippen molar-refractivity contribution in [3.05, 3.63) is 89.0 Å². The lowest BCUT2D eigenvalue weighted by Gasteiger charge is -2.52. The Morgan fingerprint density at radius 3 is 2.77 bits per heavy atom. The first-order valence-electron chi connectivity index (χ1n) is 11.0. The Labute approximate surface area is 204 Å². The highest BCUT2D eigenvalue weighted by Crippen LogP contribution is 2.51. The molecule has 4 aromatic heterocycles. The highest BCUT2D eigenvalue weighted by atomic mass is 32.2. The molecule has 1 aromatic carbocycles. The molecule has 1 saturated heterocycles. The number of fused-ring (bicyclic) bond motifs is 2. The number of para-hydroxylation sites is 1. The van der Waals surface area contributed by atoms with Crippen molar-refractivity contribution >= 4 is 40.2 Å². The van der Waals surface area contributed by atoms with Crippen LogP contribution in [0.4, 0.5) is 5.82 Å². The number of rotatable bonds is 5. The van der Waals surface area contributed by atoms with Gasteiger partial charge in [-0.15, -0.1) is 11.8 Å². The van der Waals surface area contributed by atoms with Crippen molar-refractivity contribution in [3.8, 4) is 11.8 Å². The summed E-state index contributed by atoms with van der Waals surface area (Å²) in [7, 11) is 0. The van der Waals surface area contributed by atoms with Crippen LogP contribution in [0.25, 0.3) is 28.3 Å². The van der Waals surface area contributed by atoms with Crippen LogP contribution in [-0.4, -0.2) is 41.9 Å². The van der Waals surface area contributed by atoms with Crippen LogP contribution >= 0.6 is 11.8 Å². The van der Waals surface area contributed by atoms with E-state index in [1.807, 2.05) is 42.7 Å². The van der Waals surface area contributed by atoms with Crippen LogP contribution in [0, 0.1) is 11.3 Å². The molecule has 0 unspecified atom stereocenters. The van der Waals surface area contributed by atoms with Gasteiger partial charge >= 0.3 is 0 Å². The number of hydrogen-bond donors (Lipinski definition) is 1. The number of aromatic nitrogens is 6. The zero-order valence-electron chi connectivity index (χ0n) is 18.8. The van der Waals surface area contributed by atoms with Gasteiger partial charge in [-0.05, 0) is 24.5 Å². The molecular weight excluding hydrogens is 460 g/mol. The van der Waals surface area contributed by atoms with Crippen LogP contribution in [0.1, 0.15) is 23.4 Å². The van der Waals surface area contributed by atoms with E-state index in [0.29, 0.717) is 40.3 Å². The van der Waals surface area contributed by atoms with Gasteiger partial charge in [0.25, 0.3) is 5.56 Å². The Balaban J connectivity index is 1.66.